The molecule has 0 aliphatic rings. The largest absolute Gasteiger partial charge is 0.490 e. The highest BCUT2D eigenvalue weighted by Crippen LogP contribution is 2.26. The first-order valence-corrected chi connectivity index (χ1v) is 8.42. The van der Waals surface area contributed by atoms with Gasteiger partial charge in [-0.3, -0.25) is 0 Å². The molecule has 0 bridgehead atoms. The van der Waals surface area contributed by atoms with E-state index in [0.717, 1.165) is 0 Å². The molecule has 0 N–H and O–H groups in total. The first kappa shape index (κ1) is 20.5. The third kappa shape index (κ3) is 5.88. The molecule has 0 aliphatic carbocycles. The van der Waals surface area contributed by atoms with Gasteiger partial charge in [0.2, 0.25) is 0 Å². The smallest absolute Gasteiger partial charge is 0.349 e. The maximum atomic E-state index is 12.1. The van der Waals surface area contributed by atoms with Crippen LogP contribution in [0, 0.1) is 11.3 Å². The minimum Gasteiger partial charge on any atom is -0.490 e. The van der Waals surface area contributed by atoms with E-state index in [1.165, 1.54) is 19.3 Å². The zero-order valence-corrected chi connectivity index (χ0v) is 15.5. The zero-order valence-electron chi connectivity index (χ0n) is 15.5. The van der Waals surface area contributed by atoms with Crippen LogP contribution in [0.4, 0.5) is 0 Å². The van der Waals surface area contributed by atoms with E-state index in [2.05, 4.69) is 4.74 Å². The Kier molecular flexibility index (Phi) is 7.61. The van der Waals surface area contributed by atoms with Gasteiger partial charge in [0.25, 0.3) is 0 Å². The number of ether oxygens (including phenoxy) is 4. The minimum absolute atomic E-state index is 0.165. The van der Waals surface area contributed by atoms with Crippen LogP contribution < -0.4 is 14.2 Å². The van der Waals surface area contributed by atoms with Crippen molar-refractivity contribution in [3.8, 4) is 23.3 Å². The van der Waals surface area contributed by atoms with Crippen LogP contribution in [0.15, 0.2) is 54.1 Å². The Morgan fingerprint density at radius 2 is 1.79 bits per heavy atom. The second kappa shape index (κ2) is 10.4. The van der Waals surface area contributed by atoms with Crippen molar-refractivity contribution in [2.45, 2.75) is 6.92 Å². The van der Waals surface area contributed by atoms with Gasteiger partial charge in [0.05, 0.1) is 13.7 Å². The van der Waals surface area contributed by atoms with Gasteiger partial charge in [0, 0.05) is 0 Å². The number of hydrogen-bond acceptors (Lipinski definition) is 7. The summed E-state index contributed by atoms with van der Waals surface area (Å²) in [5.74, 6) is -0.124. The summed E-state index contributed by atoms with van der Waals surface area (Å²) in [6.45, 7) is 2.02. The van der Waals surface area contributed by atoms with Crippen molar-refractivity contribution in [3.63, 3.8) is 0 Å². The molecule has 0 saturated carbocycles. The third-order valence-corrected chi connectivity index (χ3v) is 3.42. The summed E-state index contributed by atoms with van der Waals surface area (Å²) < 4.78 is 20.7. The maximum absolute atomic E-state index is 12.1. The van der Waals surface area contributed by atoms with Crippen molar-refractivity contribution in [2.24, 2.45) is 0 Å². The van der Waals surface area contributed by atoms with Gasteiger partial charge in [-0.05, 0) is 42.8 Å². The standard InChI is InChI=1S/C21H19NO6/c1-3-26-18-9-4-5-10-19(18)27-14-20(23)28-17-8-6-7-15(12-17)11-16(13-22)21(24)25-2/h4-12H,3,14H2,1-2H3/b16-11+. The second-order valence-corrected chi connectivity index (χ2v) is 5.38. The number of esters is 2. The molecule has 0 unspecified atom stereocenters. The third-order valence-electron chi connectivity index (χ3n) is 3.42. The highest BCUT2D eigenvalue weighted by molar-refractivity contribution is 5.97. The lowest BCUT2D eigenvalue weighted by atomic mass is 10.1. The lowest BCUT2D eigenvalue weighted by Gasteiger charge is -2.11. The molecule has 0 atom stereocenters. The highest BCUT2D eigenvalue weighted by atomic mass is 16.6. The average Bonchev–Trinajstić information content (AvgIpc) is 2.71. The van der Waals surface area contributed by atoms with Crippen LogP contribution in [-0.4, -0.2) is 32.3 Å². The molecule has 2 aromatic rings. The van der Waals surface area contributed by atoms with Gasteiger partial charge in [0.15, 0.2) is 18.1 Å². The Balaban J connectivity index is 2.02. The summed E-state index contributed by atoms with van der Waals surface area (Å²) >= 11 is 0. The Hall–Kier alpha value is -3.79. The number of rotatable bonds is 8. The van der Waals surface area contributed by atoms with Crippen LogP contribution in [0.25, 0.3) is 6.08 Å². The molecule has 0 amide bonds. The Morgan fingerprint density at radius 3 is 2.43 bits per heavy atom. The summed E-state index contributed by atoms with van der Waals surface area (Å²) in [7, 11) is 1.19. The number of nitrogens with zero attached hydrogens (tertiary/aromatic N) is 1. The number of benzene rings is 2. The van der Waals surface area contributed by atoms with Gasteiger partial charge in [-0.15, -0.1) is 0 Å². The molecule has 7 nitrogen and oxygen atoms in total. The van der Waals surface area contributed by atoms with Gasteiger partial charge < -0.3 is 18.9 Å². The molecular formula is C21H19NO6. The van der Waals surface area contributed by atoms with E-state index in [4.69, 9.17) is 19.5 Å². The monoisotopic (exact) mass is 381 g/mol. The Bertz CT molecular complexity index is 913. The Labute approximate surface area is 162 Å². The van der Waals surface area contributed by atoms with Gasteiger partial charge in [-0.25, -0.2) is 9.59 Å². The predicted molar refractivity (Wildman–Crippen MR) is 101 cm³/mol. The lowest BCUT2D eigenvalue weighted by molar-refractivity contribution is -0.137. The van der Waals surface area contributed by atoms with Crippen LogP contribution in [0.5, 0.6) is 17.2 Å². The summed E-state index contributed by atoms with van der Waals surface area (Å²) in [4.78, 5) is 23.5. The first-order valence-electron chi connectivity index (χ1n) is 8.42. The molecule has 7 heteroatoms. The van der Waals surface area contributed by atoms with E-state index in [9.17, 15) is 9.59 Å². The van der Waals surface area contributed by atoms with Crippen molar-refractivity contribution in [1.82, 2.24) is 0 Å². The topological polar surface area (TPSA) is 94.9 Å². The molecule has 0 fully saturated rings. The van der Waals surface area contributed by atoms with Crippen LogP contribution in [0.2, 0.25) is 0 Å². The van der Waals surface area contributed by atoms with E-state index >= 15 is 0 Å². The minimum atomic E-state index is -0.744. The number of carbonyl (C=O) groups is 2. The fraction of sp³-hybridized carbons (Fsp3) is 0.190. The molecule has 0 heterocycles. The van der Waals surface area contributed by atoms with Crippen molar-refractivity contribution >= 4 is 18.0 Å². The van der Waals surface area contributed by atoms with Crippen LogP contribution in [0.1, 0.15) is 12.5 Å². The normalized spacial score (nSPS) is 10.5. The lowest BCUT2D eigenvalue weighted by Crippen LogP contribution is -2.18. The SMILES string of the molecule is CCOc1ccccc1OCC(=O)Oc1cccc(/C=C(\C#N)C(=O)OC)c1. The molecule has 144 valence electrons. The molecule has 2 aromatic carbocycles. The molecule has 0 saturated heterocycles. The predicted octanol–water partition coefficient (Wildman–Crippen LogP) is 3.15. The second-order valence-electron chi connectivity index (χ2n) is 5.38. The fourth-order valence-corrected chi connectivity index (χ4v) is 2.22. The van der Waals surface area contributed by atoms with Crippen molar-refractivity contribution in [3.05, 3.63) is 59.7 Å². The Morgan fingerprint density at radius 1 is 1.07 bits per heavy atom. The number of methoxy groups -OCH3 is 1. The van der Waals surface area contributed by atoms with E-state index < -0.39 is 11.9 Å². The molecule has 2 rings (SSSR count). The summed E-state index contributed by atoms with van der Waals surface area (Å²) in [6.07, 6.45) is 1.35. The molecule has 0 aliphatic heterocycles. The van der Waals surface area contributed by atoms with E-state index in [-0.39, 0.29) is 17.9 Å². The van der Waals surface area contributed by atoms with Gasteiger partial charge in [-0.1, -0.05) is 24.3 Å². The first-order chi connectivity index (χ1) is 13.6. The van der Waals surface area contributed by atoms with Crippen LogP contribution in [-0.2, 0) is 14.3 Å². The van der Waals surface area contributed by atoms with Gasteiger partial charge >= 0.3 is 11.9 Å². The molecule has 28 heavy (non-hydrogen) atoms. The quantitative estimate of drug-likeness (QED) is 0.300. The van der Waals surface area contributed by atoms with Crippen molar-refractivity contribution in [1.29, 1.82) is 5.26 Å². The number of hydrogen-bond donors (Lipinski definition) is 0. The molecule has 0 aromatic heterocycles. The number of para-hydroxylation sites is 2. The zero-order chi connectivity index (χ0) is 20.4. The maximum Gasteiger partial charge on any atom is 0.349 e. The number of carbonyl (C=O) groups excluding carboxylic acids is 2. The number of nitriles is 1. The molecular weight excluding hydrogens is 362 g/mol. The average molecular weight is 381 g/mol. The van der Waals surface area contributed by atoms with Crippen molar-refractivity contribution in [2.75, 3.05) is 20.3 Å². The van der Waals surface area contributed by atoms with E-state index in [0.29, 0.717) is 23.7 Å². The van der Waals surface area contributed by atoms with Gasteiger partial charge in [-0.2, -0.15) is 5.26 Å². The summed E-state index contributed by atoms with van der Waals surface area (Å²) in [6, 6.07) is 15.2. The summed E-state index contributed by atoms with van der Waals surface area (Å²) in [5, 5.41) is 9.01. The molecule has 0 radical (unpaired) electrons. The fourth-order valence-electron chi connectivity index (χ4n) is 2.22. The van der Waals surface area contributed by atoms with E-state index in [1.807, 2.05) is 6.92 Å². The highest BCUT2D eigenvalue weighted by Gasteiger charge is 2.11. The van der Waals surface area contributed by atoms with Crippen molar-refractivity contribution < 1.29 is 28.5 Å². The van der Waals surface area contributed by atoms with Crippen LogP contribution >= 0.6 is 0 Å². The summed E-state index contributed by atoms with van der Waals surface area (Å²) in [5.41, 5.74) is 0.344. The van der Waals surface area contributed by atoms with Gasteiger partial charge in [0.1, 0.15) is 17.4 Å². The van der Waals surface area contributed by atoms with E-state index in [1.54, 1.807) is 48.5 Å². The van der Waals surface area contributed by atoms with Crippen LogP contribution in [0.3, 0.4) is 0 Å². The molecule has 0 spiro atoms.